The number of hydrazone groups is 1. The number of primary sulfonamides is 1. The molecule has 0 saturated carbocycles. The first-order valence-electron chi connectivity index (χ1n) is 9.57. The number of carbonyl (C=O) groups excluding carboxylic acids is 1. The summed E-state index contributed by atoms with van der Waals surface area (Å²) in [5.74, 6) is -0.824. The van der Waals surface area contributed by atoms with E-state index in [1.165, 1.54) is 6.08 Å². The number of sulfonamides is 1. The van der Waals surface area contributed by atoms with E-state index < -0.39 is 15.9 Å². The van der Waals surface area contributed by atoms with Gasteiger partial charge in [0.25, 0.3) is 0 Å². The minimum Gasteiger partial charge on any atom is -0.377 e. The molecular weight excluding hydrogens is 428 g/mol. The first kappa shape index (κ1) is 22.5. The van der Waals surface area contributed by atoms with Gasteiger partial charge in [0, 0.05) is 16.9 Å². The lowest BCUT2D eigenvalue weighted by Crippen LogP contribution is -2.40. The van der Waals surface area contributed by atoms with Gasteiger partial charge in [-0.1, -0.05) is 29.8 Å². The smallest absolute Gasteiger partial charge is 0.235 e. The van der Waals surface area contributed by atoms with Crippen molar-refractivity contribution in [3.05, 3.63) is 57.6 Å². The highest BCUT2D eigenvalue weighted by Gasteiger charge is 2.39. The van der Waals surface area contributed by atoms with E-state index in [2.05, 4.69) is 10.4 Å². The fourth-order valence-electron chi connectivity index (χ4n) is 3.38. The van der Waals surface area contributed by atoms with E-state index in [-0.39, 0.29) is 29.4 Å². The predicted octanol–water partition coefficient (Wildman–Crippen LogP) is 1.78. The van der Waals surface area contributed by atoms with Gasteiger partial charge in [-0.15, -0.1) is 0 Å². The maximum absolute atomic E-state index is 12.5. The third kappa shape index (κ3) is 5.48. The summed E-state index contributed by atoms with van der Waals surface area (Å²) in [6, 6.07) is 6.67. The molecule has 0 bridgehead atoms. The van der Waals surface area contributed by atoms with Crippen LogP contribution in [0.25, 0.3) is 0 Å². The molecule has 162 valence electrons. The molecule has 1 aromatic carbocycles. The van der Waals surface area contributed by atoms with Gasteiger partial charge >= 0.3 is 0 Å². The maximum atomic E-state index is 12.5. The van der Waals surface area contributed by atoms with Crippen LogP contribution in [0.2, 0.25) is 5.02 Å². The number of hydrogen-bond donors (Lipinski definition) is 2. The number of halogens is 1. The highest BCUT2D eigenvalue weighted by Crippen LogP contribution is 2.32. The number of nitrogens with two attached hydrogens (primary N) is 1. The van der Waals surface area contributed by atoms with Crippen LogP contribution in [0.1, 0.15) is 19.4 Å². The Bertz CT molecular complexity index is 1000. The highest BCUT2D eigenvalue weighted by molar-refractivity contribution is 7.93. The fourth-order valence-corrected chi connectivity index (χ4v) is 4.45. The SMILES string of the molecule is CC(C)OCCN1N=CC2C(S(N)(=O)=O)=CC(NC(=O)Cc3ccccc3Cl)=CC21. The Morgan fingerprint density at radius 1 is 1.37 bits per heavy atom. The standard InChI is InChI=1S/C20H25ClN4O4S/c1-13(2)29-8-7-25-18-10-15(11-19(30(22,27)28)16(18)12-23-25)24-20(26)9-14-5-3-4-6-17(14)21/h3-6,10-13,16,18H,7-9H2,1-2H3,(H,24,26)(H2,22,27,28). The summed E-state index contributed by atoms with van der Waals surface area (Å²) in [5, 5.41) is 14.7. The molecule has 1 heterocycles. The number of hydrogen-bond acceptors (Lipinski definition) is 6. The predicted molar refractivity (Wildman–Crippen MR) is 116 cm³/mol. The third-order valence-corrected chi connectivity index (χ3v) is 6.17. The molecule has 2 unspecified atom stereocenters. The van der Waals surface area contributed by atoms with E-state index in [0.29, 0.717) is 29.4 Å². The van der Waals surface area contributed by atoms with E-state index in [9.17, 15) is 13.2 Å². The molecule has 1 aromatic rings. The van der Waals surface area contributed by atoms with Crippen molar-refractivity contribution in [1.82, 2.24) is 10.3 Å². The maximum Gasteiger partial charge on any atom is 0.235 e. The van der Waals surface area contributed by atoms with Gasteiger partial charge < -0.3 is 10.1 Å². The zero-order valence-corrected chi connectivity index (χ0v) is 18.4. The van der Waals surface area contributed by atoms with Crippen molar-refractivity contribution in [3.63, 3.8) is 0 Å². The topological polar surface area (TPSA) is 114 Å². The van der Waals surface area contributed by atoms with Gasteiger partial charge in [0.1, 0.15) is 0 Å². The molecule has 3 rings (SSSR count). The van der Waals surface area contributed by atoms with Crippen molar-refractivity contribution in [2.24, 2.45) is 16.2 Å². The molecule has 2 aliphatic rings. The third-order valence-electron chi connectivity index (χ3n) is 4.76. The number of benzene rings is 1. The first-order chi connectivity index (χ1) is 14.1. The zero-order valence-electron chi connectivity index (χ0n) is 16.8. The minimum absolute atomic E-state index is 0.0130. The van der Waals surface area contributed by atoms with E-state index in [1.807, 2.05) is 13.8 Å². The summed E-state index contributed by atoms with van der Waals surface area (Å²) in [7, 11) is -3.97. The van der Waals surface area contributed by atoms with Crippen molar-refractivity contribution >= 4 is 33.7 Å². The highest BCUT2D eigenvalue weighted by atomic mass is 35.5. The molecule has 0 radical (unpaired) electrons. The second-order valence-corrected chi connectivity index (χ2v) is 9.36. The van der Waals surface area contributed by atoms with Crippen molar-refractivity contribution in [2.45, 2.75) is 32.4 Å². The molecule has 0 saturated heterocycles. The molecule has 1 aliphatic heterocycles. The van der Waals surface area contributed by atoms with Gasteiger partial charge in [0.15, 0.2) is 0 Å². The second kappa shape index (κ2) is 9.30. The van der Waals surface area contributed by atoms with Crippen LogP contribution in [0, 0.1) is 5.92 Å². The first-order valence-corrected chi connectivity index (χ1v) is 11.5. The van der Waals surface area contributed by atoms with Crippen LogP contribution < -0.4 is 10.5 Å². The Morgan fingerprint density at radius 2 is 2.10 bits per heavy atom. The number of fused-ring (bicyclic) bond motifs is 1. The quantitative estimate of drug-likeness (QED) is 0.624. The Balaban J connectivity index is 1.77. The summed E-state index contributed by atoms with van der Waals surface area (Å²) in [6.07, 6.45) is 4.88. The summed E-state index contributed by atoms with van der Waals surface area (Å²) in [5.41, 5.74) is 1.04. The molecule has 0 spiro atoms. The van der Waals surface area contributed by atoms with Crippen LogP contribution in [-0.2, 0) is 26.0 Å². The van der Waals surface area contributed by atoms with Crippen LogP contribution in [0.4, 0.5) is 0 Å². The summed E-state index contributed by atoms with van der Waals surface area (Å²) in [6.45, 7) is 4.79. The van der Waals surface area contributed by atoms with Gasteiger partial charge in [-0.3, -0.25) is 9.80 Å². The number of carbonyl (C=O) groups is 1. The van der Waals surface area contributed by atoms with Gasteiger partial charge in [-0.2, -0.15) is 5.10 Å². The fraction of sp³-hybridized carbons (Fsp3) is 0.400. The molecule has 3 N–H and O–H groups in total. The molecule has 2 atom stereocenters. The van der Waals surface area contributed by atoms with Gasteiger partial charge in [-0.25, -0.2) is 13.6 Å². The number of allylic oxidation sites excluding steroid dienone is 1. The molecule has 0 aromatic heterocycles. The lowest BCUT2D eigenvalue weighted by Gasteiger charge is -2.29. The van der Waals surface area contributed by atoms with Gasteiger partial charge in [-0.05, 0) is 37.6 Å². The number of ether oxygens (including phenoxy) is 1. The molecule has 30 heavy (non-hydrogen) atoms. The average Bonchev–Trinajstić information content (AvgIpc) is 3.05. The molecule has 1 aliphatic carbocycles. The molecule has 8 nitrogen and oxygen atoms in total. The average molecular weight is 453 g/mol. The van der Waals surface area contributed by atoms with E-state index in [0.717, 1.165) is 0 Å². The van der Waals surface area contributed by atoms with Crippen LogP contribution in [0.3, 0.4) is 0 Å². The molecular formula is C20H25ClN4O4S. The summed E-state index contributed by atoms with van der Waals surface area (Å²) >= 11 is 6.12. The lowest BCUT2D eigenvalue weighted by molar-refractivity contribution is -0.119. The zero-order chi connectivity index (χ0) is 21.9. The number of nitrogens with zero attached hydrogens (tertiary/aromatic N) is 2. The van der Waals surface area contributed by atoms with Crippen LogP contribution in [0.15, 0.2) is 52.1 Å². The monoisotopic (exact) mass is 452 g/mol. The van der Waals surface area contributed by atoms with Crippen molar-refractivity contribution in [3.8, 4) is 0 Å². The lowest BCUT2D eigenvalue weighted by atomic mass is 9.95. The Hall–Kier alpha value is -2.20. The number of nitrogens with one attached hydrogen (secondary N) is 1. The van der Waals surface area contributed by atoms with Crippen molar-refractivity contribution < 1.29 is 17.9 Å². The second-order valence-electron chi connectivity index (χ2n) is 7.39. The molecule has 1 amide bonds. The van der Waals surface area contributed by atoms with E-state index >= 15 is 0 Å². The normalized spacial score (nSPS) is 20.8. The minimum atomic E-state index is -3.97. The van der Waals surface area contributed by atoms with Crippen LogP contribution in [0.5, 0.6) is 0 Å². The number of rotatable bonds is 8. The van der Waals surface area contributed by atoms with Crippen LogP contribution in [-0.4, -0.2) is 50.8 Å². The van der Waals surface area contributed by atoms with Crippen LogP contribution >= 0.6 is 11.6 Å². The van der Waals surface area contributed by atoms with Crippen molar-refractivity contribution in [2.75, 3.05) is 13.2 Å². The number of amides is 1. The molecule has 0 fully saturated rings. The summed E-state index contributed by atoms with van der Waals surface area (Å²) in [4.78, 5) is 12.5. The largest absolute Gasteiger partial charge is 0.377 e. The van der Waals surface area contributed by atoms with Gasteiger partial charge in [0.2, 0.25) is 15.9 Å². The Labute approximate surface area is 181 Å². The molecule has 10 heteroatoms. The Morgan fingerprint density at radius 3 is 2.77 bits per heavy atom. The Kier molecular flexibility index (Phi) is 6.97. The van der Waals surface area contributed by atoms with E-state index in [1.54, 1.807) is 41.6 Å². The van der Waals surface area contributed by atoms with E-state index in [4.69, 9.17) is 21.5 Å². The van der Waals surface area contributed by atoms with Crippen molar-refractivity contribution in [1.29, 1.82) is 0 Å². The summed E-state index contributed by atoms with van der Waals surface area (Å²) < 4.78 is 29.9. The van der Waals surface area contributed by atoms with Gasteiger partial charge in [0.05, 0.1) is 42.5 Å².